The van der Waals surface area contributed by atoms with Gasteiger partial charge < -0.3 is 14.6 Å². The Morgan fingerprint density at radius 3 is 2.64 bits per heavy atom. The third kappa shape index (κ3) is 4.00. The number of carbonyl (C=O) groups is 2. The SMILES string of the molecule is C[C@@H](C(=O)Nc1cccnc1Cl)N1CCN(C(=O)c2ccco2)CC1. The number of anilines is 1. The van der Waals surface area contributed by atoms with Crippen molar-refractivity contribution in [3.63, 3.8) is 0 Å². The maximum atomic E-state index is 12.4. The number of pyridine rings is 1. The summed E-state index contributed by atoms with van der Waals surface area (Å²) >= 11 is 5.97. The molecule has 2 aromatic heterocycles. The van der Waals surface area contributed by atoms with E-state index in [1.165, 1.54) is 6.26 Å². The molecule has 3 rings (SSSR count). The van der Waals surface area contributed by atoms with Gasteiger partial charge in [0.2, 0.25) is 5.91 Å². The monoisotopic (exact) mass is 362 g/mol. The van der Waals surface area contributed by atoms with Crippen LogP contribution in [-0.4, -0.2) is 58.8 Å². The lowest BCUT2D eigenvalue weighted by Gasteiger charge is -2.37. The van der Waals surface area contributed by atoms with E-state index in [4.69, 9.17) is 16.0 Å². The van der Waals surface area contributed by atoms with Gasteiger partial charge in [-0.3, -0.25) is 14.5 Å². The summed E-state index contributed by atoms with van der Waals surface area (Å²) in [5.74, 6) is 0.0649. The molecule has 1 atom stereocenters. The highest BCUT2D eigenvalue weighted by atomic mass is 35.5. The summed E-state index contributed by atoms with van der Waals surface area (Å²) in [6, 6.07) is 6.43. The third-order valence-electron chi connectivity index (χ3n) is 4.28. The van der Waals surface area contributed by atoms with E-state index in [1.54, 1.807) is 35.4 Å². The van der Waals surface area contributed by atoms with Gasteiger partial charge in [0.25, 0.3) is 5.91 Å². The number of amides is 2. The molecule has 132 valence electrons. The van der Waals surface area contributed by atoms with E-state index in [0.717, 1.165) is 0 Å². The Kier molecular flexibility index (Phi) is 5.35. The predicted octanol–water partition coefficient (Wildman–Crippen LogP) is 2.11. The molecule has 0 spiro atoms. The average Bonchev–Trinajstić information content (AvgIpc) is 3.17. The highest BCUT2D eigenvalue weighted by Gasteiger charge is 2.28. The number of piperazine rings is 1. The zero-order valence-corrected chi connectivity index (χ0v) is 14.6. The first-order chi connectivity index (χ1) is 12.1. The number of rotatable bonds is 4. The molecular weight excluding hydrogens is 344 g/mol. The van der Waals surface area contributed by atoms with Gasteiger partial charge in [-0.05, 0) is 31.2 Å². The molecule has 1 aliphatic heterocycles. The Morgan fingerprint density at radius 1 is 1.24 bits per heavy atom. The minimum absolute atomic E-state index is 0.121. The molecule has 1 saturated heterocycles. The summed E-state index contributed by atoms with van der Waals surface area (Å²) in [4.78, 5) is 32.4. The van der Waals surface area contributed by atoms with Crippen molar-refractivity contribution >= 4 is 29.1 Å². The summed E-state index contributed by atoms with van der Waals surface area (Å²) in [7, 11) is 0. The number of nitrogens with zero attached hydrogens (tertiary/aromatic N) is 3. The summed E-state index contributed by atoms with van der Waals surface area (Å²) in [5, 5.41) is 3.05. The Hall–Kier alpha value is -2.38. The lowest BCUT2D eigenvalue weighted by Crippen LogP contribution is -2.54. The Bertz CT molecular complexity index is 742. The van der Waals surface area contributed by atoms with Gasteiger partial charge in [-0.2, -0.15) is 0 Å². The molecule has 0 saturated carbocycles. The number of furan rings is 1. The number of halogens is 1. The van der Waals surface area contributed by atoms with Crippen molar-refractivity contribution in [1.29, 1.82) is 0 Å². The minimum atomic E-state index is -0.336. The van der Waals surface area contributed by atoms with Crippen molar-refractivity contribution in [2.24, 2.45) is 0 Å². The van der Waals surface area contributed by atoms with Crippen LogP contribution in [0.15, 0.2) is 41.1 Å². The van der Waals surface area contributed by atoms with Gasteiger partial charge in [0, 0.05) is 32.4 Å². The van der Waals surface area contributed by atoms with Gasteiger partial charge in [-0.25, -0.2) is 4.98 Å². The molecular formula is C17H19ClN4O3. The highest BCUT2D eigenvalue weighted by Crippen LogP contribution is 2.18. The summed E-state index contributed by atoms with van der Waals surface area (Å²) in [5.41, 5.74) is 0.493. The van der Waals surface area contributed by atoms with Crippen molar-refractivity contribution < 1.29 is 14.0 Å². The van der Waals surface area contributed by atoms with Crippen LogP contribution in [0, 0.1) is 0 Å². The van der Waals surface area contributed by atoms with Crippen LogP contribution in [0.3, 0.4) is 0 Å². The molecule has 1 N–H and O–H groups in total. The van der Waals surface area contributed by atoms with Gasteiger partial charge in [0.1, 0.15) is 0 Å². The Balaban J connectivity index is 1.54. The Labute approximate surface area is 150 Å². The fourth-order valence-electron chi connectivity index (χ4n) is 2.75. The maximum absolute atomic E-state index is 12.4. The Morgan fingerprint density at radius 2 is 2.00 bits per heavy atom. The quantitative estimate of drug-likeness (QED) is 0.843. The second-order valence-electron chi connectivity index (χ2n) is 5.81. The molecule has 2 amide bonds. The van der Waals surface area contributed by atoms with E-state index in [-0.39, 0.29) is 23.0 Å². The highest BCUT2D eigenvalue weighted by molar-refractivity contribution is 6.32. The van der Waals surface area contributed by atoms with Crippen LogP contribution in [0.25, 0.3) is 0 Å². The van der Waals surface area contributed by atoms with E-state index in [0.29, 0.717) is 37.6 Å². The first kappa shape index (κ1) is 17.4. The largest absolute Gasteiger partial charge is 0.459 e. The van der Waals surface area contributed by atoms with Crippen molar-refractivity contribution in [1.82, 2.24) is 14.8 Å². The van der Waals surface area contributed by atoms with Gasteiger partial charge >= 0.3 is 0 Å². The smallest absolute Gasteiger partial charge is 0.289 e. The zero-order chi connectivity index (χ0) is 17.8. The summed E-state index contributed by atoms with van der Waals surface area (Å²) in [6.45, 7) is 4.16. The standard InChI is InChI=1S/C17H19ClN4O3/c1-12(16(23)20-13-4-2-6-19-15(13)18)21-7-9-22(10-8-21)17(24)14-5-3-11-25-14/h2-6,11-12H,7-10H2,1H3,(H,20,23)/t12-/m0/s1. The van der Waals surface area contributed by atoms with Gasteiger partial charge in [0.15, 0.2) is 10.9 Å². The normalized spacial score (nSPS) is 16.5. The van der Waals surface area contributed by atoms with Crippen LogP contribution in [0.4, 0.5) is 5.69 Å². The van der Waals surface area contributed by atoms with E-state index in [9.17, 15) is 9.59 Å². The van der Waals surface area contributed by atoms with Crippen LogP contribution in [0.1, 0.15) is 17.5 Å². The van der Waals surface area contributed by atoms with E-state index < -0.39 is 0 Å². The fourth-order valence-corrected chi connectivity index (χ4v) is 2.92. The van der Waals surface area contributed by atoms with Crippen molar-refractivity contribution in [2.75, 3.05) is 31.5 Å². The lowest BCUT2D eigenvalue weighted by molar-refractivity contribution is -0.121. The van der Waals surface area contributed by atoms with Gasteiger partial charge in [-0.15, -0.1) is 0 Å². The summed E-state index contributed by atoms with van der Waals surface area (Å²) < 4.78 is 5.15. The van der Waals surface area contributed by atoms with E-state index >= 15 is 0 Å². The minimum Gasteiger partial charge on any atom is -0.459 e. The van der Waals surface area contributed by atoms with Crippen molar-refractivity contribution in [2.45, 2.75) is 13.0 Å². The fraction of sp³-hybridized carbons (Fsp3) is 0.353. The van der Waals surface area contributed by atoms with Gasteiger partial charge in [-0.1, -0.05) is 11.6 Å². The number of hydrogen-bond donors (Lipinski definition) is 1. The van der Waals surface area contributed by atoms with Crippen molar-refractivity contribution in [3.05, 3.63) is 47.6 Å². The molecule has 0 aliphatic carbocycles. The topological polar surface area (TPSA) is 78.7 Å². The number of carbonyl (C=O) groups excluding carboxylic acids is 2. The second kappa shape index (κ2) is 7.67. The van der Waals surface area contributed by atoms with Crippen LogP contribution in [-0.2, 0) is 4.79 Å². The molecule has 0 radical (unpaired) electrons. The second-order valence-corrected chi connectivity index (χ2v) is 6.17. The molecule has 1 aliphatic rings. The molecule has 2 aromatic rings. The molecule has 3 heterocycles. The van der Waals surface area contributed by atoms with Gasteiger partial charge in [0.05, 0.1) is 18.0 Å². The zero-order valence-electron chi connectivity index (χ0n) is 13.8. The number of aromatic nitrogens is 1. The molecule has 25 heavy (non-hydrogen) atoms. The third-order valence-corrected chi connectivity index (χ3v) is 4.58. The molecule has 0 aromatic carbocycles. The molecule has 0 bridgehead atoms. The van der Waals surface area contributed by atoms with E-state index in [1.807, 2.05) is 11.8 Å². The van der Waals surface area contributed by atoms with Crippen molar-refractivity contribution in [3.8, 4) is 0 Å². The first-order valence-electron chi connectivity index (χ1n) is 8.04. The molecule has 8 heteroatoms. The molecule has 7 nitrogen and oxygen atoms in total. The predicted molar refractivity (Wildman–Crippen MR) is 93.5 cm³/mol. The molecule has 1 fully saturated rings. The molecule has 0 unspecified atom stereocenters. The van der Waals surface area contributed by atoms with Crippen LogP contribution >= 0.6 is 11.6 Å². The summed E-state index contributed by atoms with van der Waals surface area (Å²) in [6.07, 6.45) is 3.05. The van der Waals surface area contributed by atoms with Crippen LogP contribution in [0.5, 0.6) is 0 Å². The average molecular weight is 363 g/mol. The number of nitrogens with one attached hydrogen (secondary N) is 1. The van der Waals surface area contributed by atoms with Crippen LogP contribution < -0.4 is 5.32 Å². The van der Waals surface area contributed by atoms with E-state index in [2.05, 4.69) is 10.3 Å². The first-order valence-corrected chi connectivity index (χ1v) is 8.42. The maximum Gasteiger partial charge on any atom is 0.289 e. The van der Waals surface area contributed by atoms with Crippen LogP contribution in [0.2, 0.25) is 5.15 Å². The number of hydrogen-bond acceptors (Lipinski definition) is 5. The lowest BCUT2D eigenvalue weighted by atomic mass is 10.2.